The van der Waals surface area contributed by atoms with Crippen molar-refractivity contribution in [2.45, 2.75) is 0 Å². The zero-order chi connectivity index (χ0) is 38.9. The molecule has 0 amide bonds. The quantitative estimate of drug-likeness (QED) is 0.168. The van der Waals surface area contributed by atoms with E-state index in [9.17, 15) is 0 Å². The van der Waals surface area contributed by atoms with E-state index in [1.54, 1.807) is 22.7 Å². The Balaban J connectivity index is 0.964. The van der Waals surface area contributed by atoms with Crippen LogP contribution in [0.15, 0.2) is 188 Å². The Morgan fingerprint density at radius 2 is 0.915 bits per heavy atom. The number of hydrogen-bond donors (Lipinski definition) is 0. The maximum absolute atomic E-state index is 5.26. The minimum Gasteiger partial charge on any atom is -0.292 e. The van der Waals surface area contributed by atoms with Crippen molar-refractivity contribution in [2.24, 2.45) is 0 Å². The molecule has 0 aliphatic carbocycles. The van der Waals surface area contributed by atoms with Gasteiger partial charge in [0.25, 0.3) is 0 Å². The van der Waals surface area contributed by atoms with Gasteiger partial charge in [-0.15, -0.1) is 22.7 Å². The van der Waals surface area contributed by atoms with Crippen molar-refractivity contribution < 1.29 is 0 Å². The molecule has 12 rings (SSSR count). The number of thiophene rings is 2. The number of hydrogen-bond acceptors (Lipinski definition) is 6. The van der Waals surface area contributed by atoms with E-state index >= 15 is 0 Å². The molecule has 12 aromatic rings. The van der Waals surface area contributed by atoms with Crippen molar-refractivity contribution in [1.82, 2.24) is 24.5 Å². The van der Waals surface area contributed by atoms with Gasteiger partial charge < -0.3 is 0 Å². The SMILES string of the molecule is c1ccc(-c2nc(-c3cccc4c3sc3ccccc34)nc(-c3cccc4c3sc3ccc(-c5ccc(-c6nc7ccccc7n6-c6ccccc6)cc5)cc34)n2)cc1. The van der Waals surface area contributed by atoms with Crippen molar-refractivity contribution >= 4 is 74.1 Å². The Labute approximate surface area is 347 Å². The van der Waals surface area contributed by atoms with E-state index in [0.29, 0.717) is 17.5 Å². The number of benzene rings is 8. The molecule has 8 aromatic carbocycles. The average Bonchev–Trinajstić information content (AvgIpc) is 4.01. The molecule has 0 spiro atoms. The van der Waals surface area contributed by atoms with Gasteiger partial charge in [0.1, 0.15) is 5.82 Å². The van der Waals surface area contributed by atoms with Crippen molar-refractivity contribution in [2.75, 3.05) is 0 Å². The van der Waals surface area contributed by atoms with Gasteiger partial charge in [-0.1, -0.05) is 133 Å². The third-order valence-corrected chi connectivity index (χ3v) is 13.5. The number of para-hydroxylation sites is 3. The van der Waals surface area contributed by atoms with Gasteiger partial charge in [0.2, 0.25) is 0 Å². The molecule has 0 saturated heterocycles. The van der Waals surface area contributed by atoms with Crippen LogP contribution < -0.4 is 0 Å². The highest BCUT2D eigenvalue weighted by Gasteiger charge is 2.20. The predicted molar refractivity (Wildman–Crippen MR) is 247 cm³/mol. The van der Waals surface area contributed by atoms with E-state index < -0.39 is 0 Å². The molecule has 0 saturated carbocycles. The fraction of sp³-hybridized carbons (Fsp3) is 0. The summed E-state index contributed by atoms with van der Waals surface area (Å²) in [5, 5.41) is 4.87. The van der Waals surface area contributed by atoms with Crippen LogP contribution in [0.1, 0.15) is 0 Å². The maximum Gasteiger partial charge on any atom is 0.165 e. The average molecular weight is 790 g/mol. The summed E-state index contributed by atoms with van der Waals surface area (Å²) < 4.78 is 7.05. The van der Waals surface area contributed by atoms with E-state index in [4.69, 9.17) is 19.9 Å². The Hall–Kier alpha value is -7.32. The van der Waals surface area contributed by atoms with Gasteiger partial charge in [-0.25, -0.2) is 19.9 Å². The lowest BCUT2D eigenvalue weighted by atomic mass is 10.0. The van der Waals surface area contributed by atoms with Gasteiger partial charge >= 0.3 is 0 Å². The predicted octanol–water partition coefficient (Wildman–Crippen LogP) is 14.3. The summed E-state index contributed by atoms with van der Waals surface area (Å²) in [5.74, 6) is 2.93. The van der Waals surface area contributed by atoms with Gasteiger partial charge in [0.05, 0.1) is 11.0 Å². The van der Waals surface area contributed by atoms with Crippen LogP contribution >= 0.6 is 22.7 Å². The molecule has 0 unspecified atom stereocenters. The molecule has 276 valence electrons. The lowest BCUT2D eigenvalue weighted by Crippen LogP contribution is -2.00. The normalized spacial score (nSPS) is 11.7. The van der Waals surface area contributed by atoms with E-state index in [1.165, 1.54) is 35.6 Å². The Morgan fingerprint density at radius 1 is 0.356 bits per heavy atom. The molecule has 0 atom stereocenters. The lowest BCUT2D eigenvalue weighted by Gasteiger charge is -2.10. The first-order valence-corrected chi connectivity index (χ1v) is 21.2. The third kappa shape index (κ3) is 5.66. The van der Waals surface area contributed by atoms with E-state index in [-0.39, 0.29) is 0 Å². The first-order chi connectivity index (χ1) is 29.2. The summed E-state index contributed by atoms with van der Waals surface area (Å²) in [6.07, 6.45) is 0. The first-order valence-electron chi connectivity index (χ1n) is 19.5. The molecule has 4 heterocycles. The Morgan fingerprint density at radius 3 is 1.66 bits per heavy atom. The fourth-order valence-electron chi connectivity index (χ4n) is 8.28. The minimum atomic E-state index is 0.659. The minimum absolute atomic E-state index is 0.659. The van der Waals surface area contributed by atoms with Crippen LogP contribution in [0, 0.1) is 0 Å². The molecule has 7 heteroatoms. The summed E-state index contributed by atoms with van der Waals surface area (Å²) in [5.41, 5.74) is 9.50. The molecule has 0 fully saturated rings. The molecule has 0 bridgehead atoms. The van der Waals surface area contributed by atoms with Crippen LogP contribution in [0.3, 0.4) is 0 Å². The van der Waals surface area contributed by atoms with Crippen LogP contribution in [0.2, 0.25) is 0 Å². The molecule has 0 N–H and O–H groups in total. The second kappa shape index (κ2) is 13.7. The lowest BCUT2D eigenvalue weighted by molar-refractivity contribution is 1.08. The fourth-order valence-corrected chi connectivity index (χ4v) is 10.7. The van der Waals surface area contributed by atoms with Crippen LogP contribution in [0.5, 0.6) is 0 Å². The Kier molecular flexibility index (Phi) is 7.82. The molecule has 0 radical (unpaired) electrons. The molecule has 5 nitrogen and oxygen atoms in total. The third-order valence-electron chi connectivity index (χ3n) is 11.1. The second-order valence-electron chi connectivity index (χ2n) is 14.6. The van der Waals surface area contributed by atoms with Crippen molar-refractivity contribution in [3.8, 4) is 62.4 Å². The van der Waals surface area contributed by atoms with Crippen LogP contribution in [-0.2, 0) is 0 Å². The first kappa shape index (κ1) is 33.8. The van der Waals surface area contributed by atoms with Crippen molar-refractivity contribution in [1.29, 1.82) is 0 Å². The summed E-state index contributed by atoms with van der Waals surface area (Å²) in [6, 6.07) is 66.1. The van der Waals surface area contributed by atoms with Crippen LogP contribution in [-0.4, -0.2) is 24.5 Å². The van der Waals surface area contributed by atoms with Gasteiger partial charge in [0.15, 0.2) is 17.5 Å². The topological polar surface area (TPSA) is 56.5 Å². The molecule has 59 heavy (non-hydrogen) atoms. The van der Waals surface area contributed by atoms with E-state index in [0.717, 1.165) is 60.6 Å². The maximum atomic E-state index is 5.26. The number of aromatic nitrogens is 5. The monoisotopic (exact) mass is 789 g/mol. The summed E-state index contributed by atoms with van der Waals surface area (Å²) in [7, 11) is 0. The van der Waals surface area contributed by atoms with Gasteiger partial charge in [-0.05, 0) is 65.7 Å². The molecular weight excluding hydrogens is 759 g/mol. The molecule has 4 aromatic heterocycles. The molecule has 0 aliphatic heterocycles. The zero-order valence-corrected chi connectivity index (χ0v) is 33.1. The number of fused-ring (bicyclic) bond motifs is 7. The highest BCUT2D eigenvalue weighted by atomic mass is 32.1. The summed E-state index contributed by atoms with van der Waals surface area (Å²) >= 11 is 3.58. The number of nitrogens with zero attached hydrogens (tertiary/aromatic N) is 5. The van der Waals surface area contributed by atoms with E-state index in [1.807, 2.05) is 30.3 Å². The zero-order valence-electron chi connectivity index (χ0n) is 31.5. The Bertz CT molecular complexity index is 3550. The van der Waals surface area contributed by atoms with Crippen LogP contribution in [0.4, 0.5) is 0 Å². The number of imidazole rings is 1. The highest BCUT2D eigenvalue weighted by molar-refractivity contribution is 7.26. The van der Waals surface area contributed by atoms with Gasteiger partial charge in [0, 0.05) is 68.3 Å². The van der Waals surface area contributed by atoms with E-state index in [2.05, 4.69) is 162 Å². The summed E-state index contributed by atoms with van der Waals surface area (Å²) in [6.45, 7) is 0. The van der Waals surface area contributed by atoms with Crippen LogP contribution in [0.25, 0.3) is 114 Å². The highest BCUT2D eigenvalue weighted by Crippen LogP contribution is 2.43. The summed E-state index contributed by atoms with van der Waals surface area (Å²) in [4.78, 5) is 20.6. The second-order valence-corrected chi connectivity index (χ2v) is 16.7. The largest absolute Gasteiger partial charge is 0.292 e. The van der Waals surface area contributed by atoms with Gasteiger partial charge in [-0.2, -0.15) is 0 Å². The van der Waals surface area contributed by atoms with Gasteiger partial charge in [-0.3, -0.25) is 4.57 Å². The standard InChI is InChI=1S/C52H31N5S2/c1-3-13-33(14-4-1)49-54-50(40-20-11-18-38-37-17-7-10-24-45(37)58-47(38)40)56-51(55-49)41-21-12-19-39-42-31-35(29-30-46(42)59-48(39)41)32-25-27-34(28-26-32)52-53-43-22-8-9-23-44(43)57(52)36-15-5-2-6-16-36/h1-31H. The smallest absolute Gasteiger partial charge is 0.165 e. The molecule has 0 aliphatic rings. The molecular formula is C52H31N5S2. The van der Waals surface area contributed by atoms with Crippen molar-refractivity contribution in [3.63, 3.8) is 0 Å². The van der Waals surface area contributed by atoms with Crippen molar-refractivity contribution in [3.05, 3.63) is 188 Å². The number of rotatable bonds is 6.